The fraction of sp³-hybridized carbons (Fsp3) is 0.426. The molecule has 63 heavy (non-hydrogen) atoms. The lowest BCUT2D eigenvalue weighted by molar-refractivity contribution is -0.120. The number of amides is 3. The van der Waals surface area contributed by atoms with Gasteiger partial charge in [0.05, 0.1) is 17.8 Å². The van der Waals surface area contributed by atoms with Gasteiger partial charge in [-0.3, -0.25) is 24.5 Å². The van der Waals surface area contributed by atoms with Crippen LogP contribution in [0, 0.1) is 5.92 Å². The number of aliphatic hydroxyl groups is 1. The Morgan fingerprint density at radius 3 is 2.48 bits per heavy atom. The number of aromatic nitrogens is 7. The zero-order chi connectivity index (χ0) is 43.4. The Morgan fingerprint density at radius 2 is 1.73 bits per heavy atom. The number of rotatable bonds is 11. The van der Waals surface area contributed by atoms with Crippen molar-refractivity contribution in [1.82, 2.24) is 44.3 Å². The first kappa shape index (κ1) is 40.7. The summed E-state index contributed by atoms with van der Waals surface area (Å²) in [6.07, 6.45) is 9.98. The Hall–Kier alpha value is -6.39. The van der Waals surface area contributed by atoms with Gasteiger partial charge in [-0.1, -0.05) is 25.1 Å². The van der Waals surface area contributed by atoms with Gasteiger partial charge in [0, 0.05) is 62.6 Å². The second kappa shape index (κ2) is 16.4. The van der Waals surface area contributed by atoms with Gasteiger partial charge in [-0.25, -0.2) is 24.1 Å². The molecule has 0 saturated carbocycles. The first-order valence-electron chi connectivity index (χ1n) is 22.3. The lowest BCUT2D eigenvalue weighted by atomic mass is 9.88. The van der Waals surface area contributed by atoms with Crippen molar-refractivity contribution in [2.45, 2.75) is 76.4 Å². The summed E-state index contributed by atoms with van der Waals surface area (Å²) in [5.74, 6) is 2.38. The van der Waals surface area contributed by atoms with E-state index in [9.17, 15) is 19.5 Å². The molecule has 3 aliphatic heterocycles. The molecule has 1 aliphatic carbocycles. The molecule has 0 unspecified atom stereocenters. The molecule has 1 atom stereocenters. The summed E-state index contributed by atoms with van der Waals surface area (Å²) in [6.45, 7) is 11.8. The number of allylic oxidation sites excluding steroid dienone is 1. The third kappa shape index (κ3) is 7.54. The maximum atomic E-state index is 13.6. The molecule has 4 aromatic heterocycles. The fourth-order valence-corrected chi connectivity index (χ4v) is 10.2. The molecule has 6 aromatic rings. The summed E-state index contributed by atoms with van der Waals surface area (Å²) >= 11 is 0. The molecule has 0 spiro atoms. The third-order valence-electron chi connectivity index (χ3n) is 13.8. The summed E-state index contributed by atoms with van der Waals surface area (Å²) in [7, 11) is 1.91. The van der Waals surface area contributed by atoms with Crippen molar-refractivity contribution in [2.75, 3.05) is 54.4 Å². The Kier molecular flexibility index (Phi) is 10.6. The van der Waals surface area contributed by atoms with Crippen LogP contribution >= 0.6 is 0 Å². The smallest absolute Gasteiger partial charge is 0.329 e. The monoisotopic (exact) mass is 850 g/mol. The van der Waals surface area contributed by atoms with Crippen molar-refractivity contribution in [3.8, 4) is 5.82 Å². The second-order valence-electron chi connectivity index (χ2n) is 17.6. The number of imide groups is 1. The van der Waals surface area contributed by atoms with Crippen LogP contribution < -0.4 is 26.0 Å². The van der Waals surface area contributed by atoms with Crippen molar-refractivity contribution in [3.63, 3.8) is 0 Å². The van der Waals surface area contributed by atoms with E-state index in [0.717, 1.165) is 87.0 Å². The Balaban J connectivity index is 0.744. The molecule has 3 fully saturated rings. The Labute approximate surface area is 365 Å². The van der Waals surface area contributed by atoms with E-state index in [1.807, 2.05) is 42.9 Å². The number of piperidine rings is 2. The number of hydrogen-bond donors (Lipinski definition) is 3. The van der Waals surface area contributed by atoms with Gasteiger partial charge in [-0.2, -0.15) is 10.1 Å². The number of hydrogen-bond acceptors (Lipinski definition) is 11. The molecule has 2 aromatic carbocycles. The number of anilines is 4. The van der Waals surface area contributed by atoms with E-state index in [4.69, 9.17) is 9.97 Å². The van der Waals surface area contributed by atoms with Gasteiger partial charge in [-0.15, -0.1) is 6.58 Å². The molecule has 10 rings (SSSR count). The van der Waals surface area contributed by atoms with E-state index in [1.165, 1.54) is 11.3 Å². The molecule has 7 heterocycles. The summed E-state index contributed by atoms with van der Waals surface area (Å²) in [5.41, 5.74) is 5.24. The van der Waals surface area contributed by atoms with Crippen molar-refractivity contribution in [3.05, 3.63) is 101 Å². The number of pyridine rings is 1. The largest absolute Gasteiger partial charge is 0.384 e. The van der Waals surface area contributed by atoms with Crippen LogP contribution in [0.5, 0.6) is 0 Å². The van der Waals surface area contributed by atoms with Crippen LogP contribution in [0.1, 0.15) is 74.6 Å². The highest BCUT2D eigenvalue weighted by Crippen LogP contribution is 2.39. The van der Waals surface area contributed by atoms with Crippen LogP contribution in [-0.2, 0) is 30.4 Å². The minimum Gasteiger partial charge on any atom is -0.384 e. The maximum Gasteiger partial charge on any atom is 0.329 e. The standard InChI is InChI=1S/C47H54N12O4/c1-4-21-58-44(61)37-28-48-45(52-42(37)59(58)39-13-7-32-14-20-47(63,5-2)41(32)50-39)49-34-8-10-35(11-9-34)56-24-15-30(16-25-56)29-55-22-17-31(18-23-55)33-6-12-36-38(27-33)54(3)53-43(36)57-26-19-40(60)51-46(57)62/h4,6-13,27-28,30-31,63H,1,5,14-26,29H2,2-3H3,(H,48,49,52)(H,51,60,62)/t47-/m1/s1. The average molecular weight is 851 g/mol. The molecular weight excluding hydrogens is 797 g/mol. The summed E-state index contributed by atoms with van der Waals surface area (Å²) < 4.78 is 5.11. The lowest BCUT2D eigenvalue weighted by Crippen LogP contribution is -2.49. The number of nitrogens with one attached hydrogen (secondary N) is 2. The number of carbonyl (C=O) groups is 2. The van der Waals surface area contributed by atoms with Crippen LogP contribution in [0.25, 0.3) is 27.8 Å². The van der Waals surface area contributed by atoms with Crippen LogP contribution in [0.3, 0.4) is 0 Å². The number of aryl methyl sites for hydroxylation is 2. The number of benzene rings is 2. The van der Waals surface area contributed by atoms with E-state index < -0.39 is 11.6 Å². The van der Waals surface area contributed by atoms with E-state index >= 15 is 0 Å². The van der Waals surface area contributed by atoms with Gasteiger partial charge in [-0.05, 0) is 123 Å². The highest BCUT2D eigenvalue weighted by molar-refractivity contribution is 6.08. The first-order chi connectivity index (χ1) is 30.6. The van der Waals surface area contributed by atoms with Crippen molar-refractivity contribution >= 4 is 57.0 Å². The number of urea groups is 1. The highest BCUT2D eigenvalue weighted by Gasteiger charge is 2.37. The molecule has 4 aliphatic rings. The van der Waals surface area contributed by atoms with Gasteiger partial charge in [0.15, 0.2) is 17.3 Å². The summed E-state index contributed by atoms with van der Waals surface area (Å²) in [6, 6.07) is 18.3. The topological polar surface area (TPSA) is 172 Å². The molecule has 326 valence electrons. The molecule has 0 radical (unpaired) electrons. The number of likely N-dealkylation sites (tertiary alicyclic amines) is 1. The van der Waals surface area contributed by atoms with Crippen molar-refractivity contribution in [1.29, 1.82) is 0 Å². The van der Waals surface area contributed by atoms with E-state index in [2.05, 4.69) is 67.4 Å². The van der Waals surface area contributed by atoms with Crippen molar-refractivity contribution < 1.29 is 14.7 Å². The molecule has 3 N–H and O–H groups in total. The number of nitrogens with zero attached hydrogens (tertiary/aromatic N) is 10. The average Bonchev–Trinajstić information content (AvgIpc) is 3.91. The van der Waals surface area contributed by atoms with Gasteiger partial charge in [0.1, 0.15) is 11.0 Å². The Morgan fingerprint density at radius 1 is 0.937 bits per heavy atom. The number of fused-ring (bicyclic) bond motifs is 3. The lowest BCUT2D eigenvalue weighted by Gasteiger charge is -2.38. The second-order valence-corrected chi connectivity index (χ2v) is 17.6. The fourth-order valence-electron chi connectivity index (χ4n) is 10.2. The van der Waals surface area contributed by atoms with E-state index in [1.54, 1.807) is 26.5 Å². The predicted molar refractivity (Wildman–Crippen MR) is 243 cm³/mol. The number of carbonyl (C=O) groups excluding carboxylic acids is 2. The summed E-state index contributed by atoms with van der Waals surface area (Å²) in [4.78, 5) is 58.7. The molecule has 16 nitrogen and oxygen atoms in total. The Bertz CT molecular complexity index is 2790. The molecule has 3 saturated heterocycles. The van der Waals surface area contributed by atoms with Gasteiger partial charge in [0.25, 0.3) is 5.56 Å². The quantitative estimate of drug-likeness (QED) is 0.133. The van der Waals surface area contributed by atoms with Crippen LogP contribution in [0.2, 0.25) is 0 Å². The zero-order valence-electron chi connectivity index (χ0n) is 36.0. The normalized spacial score (nSPS) is 20.2. The van der Waals surface area contributed by atoms with Crippen LogP contribution in [0.15, 0.2) is 78.2 Å². The minimum absolute atomic E-state index is 0.234. The van der Waals surface area contributed by atoms with Crippen LogP contribution in [-0.4, -0.2) is 95.3 Å². The predicted octanol–water partition coefficient (Wildman–Crippen LogP) is 5.88. The van der Waals surface area contributed by atoms with Crippen LogP contribution in [0.4, 0.5) is 27.9 Å². The highest BCUT2D eigenvalue weighted by atomic mass is 16.3. The zero-order valence-corrected chi connectivity index (χ0v) is 36.0. The minimum atomic E-state index is -0.990. The van der Waals surface area contributed by atoms with Crippen molar-refractivity contribution in [2.24, 2.45) is 13.0 Å². The van der Waals surface area contributed by atoms with Gasteiger partial charge < -0.3 is 20.2 Å². The SMILES string of the molecule is C=CCn1c(=O)c2cnc(Nc3ccc(N4CCC(CN5CCC(c6ccc7c(N8CCC(=O)NC8=O)nn(C)c7c6)CC5)CC4)cc3)nc2n1-c1ccc2c(n1)[C@@](O)(CC)CC2. The third-order valence-corrected chi connectivity index (χ3v) is 13.8. The molecule has 16 heteroatoms. The van der Waals surface area contributed by atoms with E-state index in [0.29, 0.717) is 65.5 Å². The van der Waals surface area contributed by atoms with Gasteiger partial charge in [0.2, 0.25) is 11.9 Å². The van der Waals surface area contributed by atoms with Gasteiger partial charge >= 0.3 is 6.03 Å². The first-order valence-corrected chi connectivity index (χ1v) is 22.3. The van der Waals surface area contributed by atoms with E-state index in [-0.39, 0.29) is 24.4 Å². The molecule has 0 bridgehead atoms. The maximum absolute atomic E-state index is 13.6. The summed E-state index contributed by atoms with van der Waals surface area (Å²) in [5, 5.41) is 23.0. The molecular formula is C47H54N12O4. The molecule has 3 amide bonds.